The van der Waals surface area contributed by atoms with Crippen LogP contribution < -0.4 is 10.5 Å². The number of rotatable bonds is 5. The summed E-state index contributed by atoms with van der Waals surface area (Å²) in [5, 5.41) is 0. The minimum absolute atomic E-state index is 0.512. The smallest absolute Gasteiger partial charge is 0.123 e. The first-order valence-corrected chi connectivity index (χ1v) is 6.88. The fourth-order valence-corrected chi connectivity index (χ4v) is 2.63. The molecule has 1 saturated heterocycles. The van der Waals surface area contributed by atoms with Gasteiger partial charge in [0.2, 0.25) is 0 Å². The van der Waals surface area contributed by atoms with E-state index < -0.39 is 0 Å². The number of nitrogens with zero attached hydrogens (tertiary/aromatic N) is 1. The Morgan fingerprint density at radius 1 is 1.37 bits per heavy atom. The molecule has 0 bridgehead atoms. The van der Waals surface area contributed by atoms with Crippen LogP contribution in [-0.2, 0) is 17.8 Å². The lowest BCUT2D eigenvalue weighted by Crippen LogP contribution is -2.36. The predicted molar refractivity (Wildman–Crippen MR) is 76.2 cm³/mol. The number of benzene rings is 1. The van der Waals surface area contributed by atoms with E-state index in [2.05, 4.69) is 24.1 Å². The monoisotopic (exact) mass is 264 g/mol. The SMILES string of the molecule is COc1ccc(CN(C)C2CCOCC2)cc1CN. The zero-order valence-electron chi connectivity index (χ0n) is 11.9. The number of ether oxygens (including phenoxy) is 2. The Morgan fingerprint density at radius 3 is 2.74 bits per heavy atom. The average molecular weight is 264 g/mol. The molecule has 1 aromatic rings. The van der Waals surface area contributed by atoms with Crippen molar-refractivity contribution >= 4 is 0 Å². The number of hydrogen-bond donors (Lipinski definition) is 1. The fourth-order valence-electron chi connectivity index (χ4n) is 2.63. The fraction of sp³-hybridized carbons (Fsp3) is 0.600. The van der Waals surface area contributed by atoms with Crippen LogP contribution in [0.5, 0.6) is 5.75 Å². The second-order valence-electron chi connectivity index (χ2n) is 5.11. The molecule has 0 spiro atoms. The third-order valence-corrected chi connectivity index (χ3v) is 3.81. The zero-order valence-corrected chi connectivity index (χ0v) is 11.9. The lowest BCUT2D eigenvalue weighted by Gasteiger charge is -2.31. The minimum Gasteiger partial charge on any atom is -0.496 e. The van der Waals surface area contributed by atoms with Crippen LogP contribution >= 0.6 is 0 Å². The molecule has 2 rings (SSSR count). The van der Waals surface area contributed by atoms with Crippen LogP contribution in [0.4, 0.5) is 0 Å². The summed E-state index contributed by atoms with van der Waals surface area (Å²) < 4.78 is 10.7. The van der Waals surface area contributed by atoms with Crippen molar-refractivity contribution in [1.29, 1.82) is 0 Å². The van der Waals surface area contributed by atoms with E-state index in [1.165, 1.54) is 5.56 Å². The molecule has 0 atom stereocenters. The molecule has 0 radical (unpaired) electrons. The van der Waals surface area contributed by atoms with Crippen LogP contribution in [0.1, 0.15) is 24.0 Å². The van der Waals surface area contributed by atoms with Crippen LogP contribution in [-0.4, -0.2) is 38.3 Å². The third-order valence-electron chi connectivity index (χ3n) is 3.81. The largest absolute Gasteiger partial charge is 0.496 e. The molecular weight excluding hydrogens is 240 g/mol. The highest BCUT2D eigenvalue weighted by Crippen LogP contribution is 2.21. The van der Waals surface area contributed by atoms with Crippen LogP contribution in [0.2, 0.25) is 0 Å². The van der Waals surface area contributed by atoms with Crippen LogP contribution in [0.3, 0.4) is 0 Å². The van der Waals surface area contributed by atoms with Gasteiger partial charge in [-0.3, -0.25) is 4.90 Å². The average Bonchev–Trinajstić information content (AvgIpc) is 2.48. The topological polar surface area (TPSA) is 47.7 Å². The molecule has 0 aromatic heterocycles. The Bertz CT molecular complexity index is 403. The Labute approximate surface area is 115 Å². The van der Waals surface area contributed by atoms with Crippen molar-refractivity contribution in [2.24, 2.45) is 5.73 Å². The van der Waals surface area contributed by atoms with E-state index in [1.807, 2.05) is 6.07 Å². The predicted octanol–water partition coefficient (Wildman–Crippen LogP) is 1.76. The highest BCUT2D eigenvalue weighted by molar-refractivity contribution is 5.37. The minimum atomic E-state index is 0.512. The van der Waals surface area contributed by atoms with Crippen molar-refractivity contribution in [3.05, 3.63) is 29.3 Å². The zero-order chi connectivity index (χ0) is 13.7. The molecule has 1 aliphatic rings. The molecule has 19 heavy (non-hydrogen) atoms. The van der Waals surface area contributed by atoms with Crippen LogP contribution in [0.15, 0.2) is 18.2 Å². The quantitative estimate of drug-likeness (QED) is 0.880. The summed E-state index contributed by atoms with van der Waals surface area (Å²) in [5.74, 6) is 0.875. The maximum absolute atomic E-state index is 5.76. The van der Waals surface area contributed by atoms with Crippen molar-refractivity contribution in [1.82, 2.24) is 4.90 Å². The van der Waals surface area contributed by atoms with E-state index in [4.69, 9.17) is 15.2 Å². The molecule has 4 heteroatoms. The first-order valence-electron chi connectivity index (χ1n) is 6.88. The normalized spacial score (nSPS) is 16.8. The van der Waals surface area contributed by atoms with Crippen molar-refractivity contribution in [3.63, 3.8) is 0 Å². The van der Waals surface area contributed by atoms with Gasteiger partial charge in [0.15, 0.2) is 0 Å². The maximum atomic E-state index is 5.76. The summed E-state index contributed by atoms with van der Waals surface area (Å²) in [6.45, 7) is 3.22. The van der Waals surface area contributed by atoms with Gasteiger partial charge in [0.25, 0.3) is 0 Å². The van der Waals surface area contributed by atoms with Crippen molar-refractivity contribution in [2.45, 2.75) is 32.0 Å². The van der Waals surface area contributed by atoms with Crippen molar-refractivity contribution in [3.8, 4) is 5.75 Å². The van der Waals surface area contributed by atoms with Gasteiger partial charge in [-0.15, -0.1) is 0 Å². The molecule has 1 heterocycles. The van der Waals surface area contributed by atoms with Gasteiger partial charge in [-0.25, -0.2) is 0 Å². The molecule has 0 unspecified atom stereocenters. The molecule has 4 nitrogen and oxygen atoms in total. The number of methoxy groups -OCH3 is 1. The van der Waals surface area contributed by atoms with E-state index in [0.29, 0.717) is 12.6 Å². The Balaban J connectivity index is 2.01. The molecule has 0 saturated carbocycles. The van der Waals surface area contributed by atoms with E-state index in [9.17, 15) is 0 Å². The number of hydrogen-bond acceptors (Lipinski definition) is 4. The Kier molecular flexibility index (Phi) is 5.19. The molecule has 0 amide bonds. The van der Waals surface area contributed by atoms with Crippen LogP contribution in [0.25, 0.3) is 0 Å². The summed E-state index contributed by atoms with van der Waals surface area (Å²) in [6.07, 6.45) is 2.24. The lowest BCUT2D eigenvalue weighted by atomic mass is 10.1. The first-order chi connectivity index (χ1) is 9.24. The molecule has 2 N–H and O–H groups in total. The molecule has 1 fully saturated rings. The van der Waals surface area contributed by atoms with Crippen molar-refractivity contribution < 1.29 is 9.47 Å². The van der Waals surface area contributed by atoms with Crippen LogP contribution in [0, 0.1) is 0 Å². The van der Waals surface area contributed by atoms with Gasteiger partial charge < -0.3 is 15.2 Å². The van der Waals surface area contributed by atoms with Crippen molar-refractivity contribution in [2.75, 3.05) is 27.4 Å². The Morgan fingerprint density at radius 2 is 2.11 bits per heavy atom. The van der Waals surface area contributed by atoms with Gasteiger partial charge in [0.05, 0.1) is 7.11 Å². The van der Waals surface area contributed by atoms with Gasteiger partial charge in [0, 0.05) is 37.9 Å². The van der Waals surface area contributed by atoms with E-state index >= 15 is 0 Å². The maximum Gasteiger partial charge on any atom is 0.123 e. The van der Waals surface area contributed by atoms with E-state index in [0.717, 1.165) is 43.9 Å². The molecular formula is C15H24N2O2. The molecule has 1 aromatic carbocycles. The molecule has 106 valence electrons. The van der Waals surface area contributed by atoms with Gasteiger partial charge in [-0.1, -0.05) is 6.07 Å². The highest BCUT2D eigenvalue weighted by atomic mass is 16.5. The number of nitrogens with two attached hydrogens (primary N) is 1. The summed E-state index contributed by atoms with van der Waals surface area (Å²) >= 11 is 0. The summed E-state index contributed by atoms with van der Waals surface area (Å²) in [5.41, 5.74) is 8.12. The van der Waals surface area contributed by atoms with E-state index in [1.54, 1.807) is 7.11 Å². The standard InChI is InChI=1S/C15H24N2O2/c1-17(14-5-7-19-8-6-14)11-12-3-4-15(18-2)13(9-12)10-16/h3-4,9,14H,5-8,10-11,16H2,1-2H3. The third kappa shape index (κ3) is 3.69. The second kappa shape index (κ2) is 6.89. The summed E-state index contributed by atoms with van der Waals surface area (Å²) in [7, 11) is 3.87. The Hall–Kier alpha value is -1.10. The van der Waals surface area contributed by atoms with Gasteiger partial charge in [-0.2, -0.15) is 0 Å². The summed E-state index contributed by atoms with van der Waals surface area (Å²) in [4.78, 5) is 2.41. The van der Waals surface area contributed by atoms with Gasteiger partial charge in [-0.05, 0) is 37.6 Å². The first kappa shape index (κ1) is 14.3. The van der Waals surface area contributed by atoms with E-state index in [-0.39, 0.29) is 0 Å². The summed E-state index contributed by atoms with van der Waals surface area (Å²) in [6, 6.07) is 6.90. The highest BCUT2D eigenvalue weighted by Gasteiger charge is 2.18. The second-order valence-corrected chi connectivity index (χ2v) is 5.11. The van der Waals surface area contributed by atoms with Gasteiger partial charge in [0.1, 0.15) is 5.75 Å². The molecule has 1 aliphatic heterocycles. The lowest BCUT2D eigenvalue weighted by molar-refractivity contribution is 0.0407. The van der Waals surface area contributed by atoms with Gasteiger partial charge >= 0.3 is 0 Å². The molecule has 0 aliphatic carbocycles.